The van der Waals surface area contributed by atoms with E-state index in [-0.39, 0.29) is 16.5 Å². The molecule has 0 bridgehead atoms. The van der Waals surface area contributed by atoms with Gasteiger partial charge in [-0.2, -0.15) is 0 Å². The van der Waals surface area contributed by atoms with Crippen LogP contribution < -0.4 is 5.32 Å². The van der Waals surface area contributed by atoms with E-state index >= 15 is 0 Å². The van der Waals surface area contributed by atoms with Crippen LogP contribution in [0.15, 0.2) is 51.7 Å². The summed E-state index contributed by atoms with van der Waals surface area (Å²) in [5.41, 5.74) is 3.06. The number of halogens is 1. The molecule has 24 heavy (non-hydrogen) atoms. The van der Waals surface area contributed by atoms with Gasteiger partial charge in [-0.15, -0.1) is 0 Å². The van der Waals surface area contributed by atoms with Crippen molar-refractivity contribution in [2.45, 2.75) is 20.1 Å². The van der Waals surface area contributed by atoms with Crippen molar-refractivity contribution in [3.63, 3.8) is 0 Å². The highest BCUT2D eigenvalue weighted by atomic mass is 35.5. The third kappa shape index (κ3) is 3.14. The average Bonchev–Trinajstić information content (AvgIpc) is 3.16. The van der Waals surface area contributed by atoms with Crippen LogP contribution in [0.4, 0.5) is 5.69 Å². The molecule has 1 N–H and O–H groups in total. The average molecular weight is 348 g/mol. The standard InChI is InChI=1S/C17H14ClNO5/c1-9-5-6-11(8-10(9)2)19-14-13(18)16(21)24-17(14)23-15(20)12-4-3-7-22-12/h3-8,17,19H,1-2H3/t17-/m0/s1. The number of anilines is 1. The van der Waals surface area contributed by atoms with E-state index in [9.17, 15) is 9.59 Å². The largest absolute Gasteiger partial charge is 0.457 e. The number of carbonyl (C=O) groups is 2. The summed E-state index contributed by atoms with van der Waals surface area (Å²) in [4.78, 5) is 23.7. The maximum Gasteiger partial charge on any atom is 0.377 e. The molecule has 0 unspecified atom stereocenters. The Morgan fingerprint density at radius 3 is 2.71 bits per heavy atom. The van der Waals surface area contributed by atoms with Crippen molar-refractivity contribution in [1.29, 1.82) is 0 Å². The van der Waals surface area contributed by atoms with Gasteiger partial charge < -0.3 is 19.2 Å². The lowest BCUT2D eigenvalue weighted by Gasteiger charge is -2.16. The zero-order chi connectivity index (χ0) is 17.3. The minimum absolute atomic E-state index is 0.000369. The van der Waals surface area contributed by atoms with Gasteiger partial charge in [0.1, 0.15) is 5.70 Å². The molecule has 0 spiro atoms. The SMILES string of the molecule is Cc1ccc(NC2=C(Cl)C(=O)O[C@@H]2OC(=O)c2ccco2)cc1C. The van der Waals surface area contributed by atoms with E-state index in [4.69, 9.17) is 25.5 Å². The van der Waals surface area contributed by atoms with Crippen LogP contribution in [-0.4, -0.2) is 18.2 Å². The van der Waals surface area contributed by atoms with E-state index in [2.05, 4.69) is 5.32 Å². The Kier molecular flexibility index (Phi) is 4.31. The monoisotopic (exact) mass is 347 g/mol. The van der Waals surface area contributed by atoms with Gasteiger partial charge in [0, 0.05) is 5.69 Å². The third-order valence-electron chi connectivity index (χ3n) is 3.59. The zero-order valence-corrected chi connectivity index (χ0v) is 13.7. The summed E-state index contributed by atoms with van der Waals surface area (Å²) in [6, 6.07) is 8.64. The fraction of sp³-hybridized carbons (Fsp3) is 0.176. The minimum atomic E-state index is -1.26. The first-order valence-electron chi connectivity index (χ1n) is 7.15. The Bertz CT molecular complexity index is 826. The van der Waals surface area contributed by atoms with Crippen molar-refractivity contribution in [3.8, 4) is 0 Å². The smallest absolute Gasteiger partial charge is 0.377 e. The Balaban J connectivity index is 1.81. The summed E-state index contributed by atoms with van der Waals surface area (Å²) in [5, 5.41) is 2.82. The summed E-state index contributed by atoms with van der Waals surface area (Å²) < 4.78 is 15.1. The van der Waals surface area contributed by atoms with Crippen LogP contribution in [0.1, 0.15) is 21.7 Å². The molecule has 1 aliphatic rings. The van der Waals surface area contributed by atoms with Crippen molar-refractivity contribution in [3.05, 3.63) is 64.2 Å². The number of aryl methyl sites for hydroxylation is 2. The van der Waals surface area contributed by atoms with Gasteiger partial charge in [-0.1, -0.05) is 17.7 Å². The Morgan fingerprint density at radius 2 is 2.04 bits per heavy atom. The van der Waals surface area contributed by atoms with Crippen molar-refractivity contribution in [2.75, 3.05) is 5.32 Å². The van der Waals surface area contributed by atoms with E-state index in [0.717, 1.165) is 11.1 Å². The van der Waals surface area contributed by atoms with Crippen LogP contribution in [-0.2, 0) is 14.3 Å². The lowest BCUT2D eigenvalue weighted by molar-refractivity contribution is -0.152. The number of cyclic esters (lactones) is 1. The highest BCUT2D eigenvalue weighted by Crippen LogP contribution is 2.29. The van der Waals surface area contributed by atoms with Gasteiger partial charge in [-0.25, -0.2) is 9.59 Å². The number of rotatable bonds is 4. The number of nitrogens with one attached hydrogen (secondary N) is 1. The summed E-state index contributed by atoms with van der Waals surface area (Å²) in [7, 11) is 0. The molecule has 3 rings (SSSR count). The van der Waals surface area contributed by atoms with Crippen LogP contribution >= 0.6 is 11.6 Å². The minimum Gasteiger partial charge on any atom is -0.457 e. The predicted octanol–water partition coefficient (Wildman–Crippen LogP) is 3.50. The number of ether oxygens (including phenoxy) is 2. The molecular weight excluding hydrogens is 334 g/mol. The predicted molar refractivity (Wildman–Crippen MR) is 86.4 cm³/mol. The first-order valence-corrected chi connectivity index (χ1v) is 7.53. The van der Waals surface area contributed by atoms with Gasteiger partial charge in [0.15, 0.2) is 5.03 Å². The molecule has 1 aromatic carbocycles. The van der Waals surface area contributed by atoms with E-state index in [1.165, 1.54) is 12.3 Å². The van der Waals surface area contributed by atoms with Gasteiger partial charge >= 0.3 is 11.9 Å². The molecule has 7 heteroatoms. The second-order valence-electron chi connectivity index (χ2n) is 5.27. The molecule has 1 aromatic heterocycles. The molecule has 0 radical (unpaired) electrons. The van der Waals surface area contributed by atoms with Crippen molar-refractivity contribution in [2.24, 2.45) is 0 Å². The number of furan rings is 1. The lowest BCUT2D eigenvalue weighted by Crippen LogP contribution is -2.24. The highest BCUT2D eigenvalue weighted by molar-refractivity contribution is 6.42. The second-order valence-corrected chi connectivity index (χ2v) is 5.65. The maximum absolute atomic E-state index is 12.0. The van der Waals surface area contributed by atoms with E-state index in [1.807, 2.05) is 32.0 Å². The van der Waals surface area contributed by atoms with E-state index < -0.39 is 18.2 Å². The molecule has 2 aromatic rings. The zero-order valence-electron chi connectivity index (χ0n) is 13.0. The highest BCUT2D eigenvalue weighted by Gasteiger charge is 2.37. The fourth-order valence-electron chi connectivity index (χ4n) is 2.14. The molecule has 1 aliphatic heterocycles. The molecule has 1 atom stereocenters. The first-order chi connectivity index (χ1) is 11.5. The first kappa shape index (κ1) is 16.1. The summed E-state index contributed by atoms with van der Waals surface area (Å²) >= 11 is 5.98. The summed E-state index contributed by atoms with van der Waals surface area (Å²) in [6.07, 6.45) is 0.0816. The molecule has 0 saturated heterocycles. The van der Waals surface area contributed by atoms with E-state index in [0.29, 0.717) is 5.69 Å². The Labute approximate surface area is 143 Å². The number of esters is 2. The van der Waals surface area contributed by atoms with Crippen molar-refractivity contribution >= 4 is 29.2 Å². The number of hydrogen-bond acceptors (Lipinski definition) is 6. The van der Waals surface area contributed by atoms with E-state index in [1.54, 1.807) is 6.07 Å². The van der Waals surface area contributed by atoms with Gasteiger partial charge in [0.2, 0.25) is 5.76 Å². The maximum atomic E-state index is 12.0. The second kappa shape index (κ2) is 6.41. The van der Waals surface area contributed by atoms with Crippen molar-refractivity contribution in [1.82, 2.24) is 0 Å². The van der Waals surface area contributed by atoms with Gasteiger partial charge in [-0.05, 0) is 49.2 Å². The Hall–Kier alpha value is -2.73. The van der Waals surface area contributed by atoms with Crippen LogP contribution in [0.25, 0.3) is 0 Å². The molecule has 0 saturated carbocycles. The fourth-order valence-corrected chi connectivity index (χ4v) is 2.32. The molecule has 2 heterocycles. The quantitative estimate of drug-likeness (QED) is 0.853. The van der Waals surface area contributed by atoms with Crippen LogP contribution in [0.3, 0.4) is 0 Å². The third-order valence-corrected chi connectivity index (χ3v) is 3.95. The molecule has 0 amide bonds. The van der Waals surface area contributed by atoms with Crippen molar-refractivity contribution < 1.29 is 23.5 Å². The lowest BCUT2D eigenvalue weighted by atomic mass is 10.1. The number of hydrogen-bond donors (Lipinski definition) is 1. The van der Waals surface area contributed by atoms with Crippen LogP contribution in [0.5, 0.6) is 0 Å². The number of carbonyl (C=O) groups excluding carboxylic acids is 2. The summed E-state index contributed by atoms with van der Waals surface area (Å²) in [5.74, 6) is -1.52. The molecular formula is C17H14ClNO5. The van der Waals surface area contributed by atoms with Crippen LogP contribution in [0.2, 0.25) is 0 Å². The Morgan fingerprint density at radius 1 is 1.25 bits per heavy atom. The van der Waals surface area contributed by atoms with Gasteiger partial charge in [0.25, 0.3) is 6.29 Å². The topological polar surface area (TPSA) is 77.8 Å². The van der Waals surface area contributed by atoms with Gasteiger partial charge in [-0.3, -0.25) is 0 Å². The molecule has 0 fully saturated rings. The molecule has 0 aliphatic carbocycles. The number of benzene rings is 1. The molecule has 124 valence electrons. The normalized spacial score (nSPS) is 17.0. The van der Waals surface area contributed by atoms with Crippen LogP contribution in [0, 0.1) is 13.8 Å². The molecule has 6 nitrogen and oxygen atoms in total. The summed E-state index contributed by atoms with van der Waals surface area (Å²) in [6.45, 7) is 3.95. The van der Waals surface area contributed by atoms with Gasteiger partial charge in [0.05, 0.1) is 6.26 Å².